The lowest BCUT2D eigenvalue weighted by Gasteiger charge is -2.21. The molecule has 170 valence electrons. The molecule has 3 aromatic heterocycles. The summed E-state index contributed by atoms with van der Waals surface area (Å²) in [5.41, 5.74) is 0.967. The van der Waals surface area contributed by atoms with Gasteiger partial charge < -0.3 is 25.4 Å². The predicted molar refractivity (Wildman–Crippen MR) is 123 cm³/mol. The standard InChI is InChI=1S/C16H19N7.C6H12N2O/c1-2-8-21(7-1)16-19-15(13-4-3-9-23(13)20-16)18-14-10-22(11-17-14)12-5-6-12;9-5-8-6-2-1-3-7-4-6/h3-4,9-12H,1-2,5-8H2,(H,18,19,20);5-7H,1-4H2,(H,8,9)/t;6-/m.1/s1. The van der Waals surface area contributed by atoms with Gasteiger partial charge >= 0.3 is 0 Å². The maximum atomic E-state index is 9.93. The minimum absolute atomic E-state index is 0.372. The molecule has 1 atom stereocenters. The first-order chi connectivity index (χ1) is 15.8. The molecule has 10 nitrogen and oxygen atoms in total. The summed E-state index contributed by atoms with van der Waals surface area (Å²) in [5.74, 6) is 2.44. The lowest BCUT2D eigenvalue weighted by atomic mass is 10.1. The van der Waals surface area contributed by atoms with E-state index in [1.807, 2.05) is 29.2 Å². The summed E-state index contributed by atoms with van der Waals surface area (Å²) in [4.78, 5) is 21.4. The fourth-order valence-corrected chi connectivity index (χ4v) is 4.25. The van der Waals surface area contributed by atoms with Crippen LogP contribution < -0.4 is 20.9 Å². The number of nitrogens with one attached hydrogen (secondary N) is 3. The van der Waals surface area contributed by atoms with Gasteiger partial charge in [0.2, 0.25) is 12.4 Å². The number of hydrogen-bond donors (Lipinski definition) is 3. The van der Waals surface area contributed by atoms with Gasteiger partial charge in [-0.05, 0) is 57.2 Å². The van der Waals surface area contributed by atoms with Gasteiger partial charge in [-0.25, -0.2) is 9.50 Å². The largest absolute Gasteiger partial charge is 0.355 e. The van der Waals surface area contributed by atoms with Gasteiger partial charge in [0.05, 0.1) is 6.33 Å². The number of piperidine rings is 1. The average molecular weight is 438 g/mol. The molecule has 3 fully saturated rings. The number of amides is 1. The number of fused-ring (bicyclic) bond motifs is 1. The molecule has 0 radical (unpaired) electrons. The van der Waals surface area contributed by atoms with Crippen LogP contribution in [-0.4, -0.2) is 62.8 Å². The third kappa shape index (κ3) is 4.85. The van der Waals surface area contributed by atoms with Crippen LogP contribution in [-0.2, 0) is 4.79 Å². The van der Waals surface area contributed by atoms with Crippen LogP contribution in [0.4, 0.5) is 17.6 Å². The molecule has 0 spiro atoms. The second-order valence-corrected chi connectivity index (χ2v) is 8.68. The van der Waals surface area contributed by atoms with E-state index in [1.54, 1.807) is 0 Å². The zero-order valence-electron chi connectivity index (χ0n) is 18.3. The second kappa shape index (κ2) is 9.56. The maximum Gasteiger partial charge on any atom is 0.245 e. The molecule has 3 aromatic rings. The van der Waals surface area contributed by atoms with Crippen molar-refractivity contribution in [1.82, 2.24) is 34.8 Å². The SMILES string of the molecule is O=CN[C@@H]1CCCNC1.c1cc2c(Nc3cn(C4CC4)cn3)nc(N3CCCC3)nn2c1. The highest BCUT2D eigenvalue weighted by Crippen LogP contribution is 2.35. The van der Waals surface area contributed by atoms with E-state index in [2.05, 4.69) is 41.7 Å². The van der Waals surface area contributed by atoms with Crippen molar-refractivity contribution in [2.45, 2.75) is 50.6 Å². The molecule has 6 rings (SSSR count). The van der Waals surface area contributed by atoms with Crippen molar-refractivity contribution in [3.63, 3.8) is 0 Å². The summed E-state index contributed by atoms with van der Waals surface area (Å²) in [6, 6.07) is 5.02. The zero-order valence-corrected chi connectivity index (χ0v) is 18.3. The Kier molecular flexibility index (Phi) is 6.20. The maximum absolute atomic E-state index is 9.93. The van der Waals surface area contributed by atoms with Gasteiger partial charge in [-0.15, -0.1) is 5.10 Å². The highest BCUT2D eigenvalue weighted by Gasteiger charge is 2.24. The van der Waals surface area contributed by atoms with Crippen LogP contribution in [0.5, 0.6) is 0 Å². The lowest BCUT2D eigenvalue weighted by molar-refractivity contribution is -0.110. The summed E-state index contributed by atoms with van der Waals surface area (Å²) in [6.45, 7) is 4.08. The first kappa shape index (κ1) is 20.7. The van der Waals surface area contributed by atoms with Gasteiger partial charge in [-0.2, -0.15) is 4.98 Å². The molecule has 1 saturated carbocycles. The van der Waals surface area contributed by atoms with E-state index in [0.29, 0.717) is 12.1 Å². The fourth-order valence-electron chi connectivity index (χ4n) is 4.25. The van der Waals surface area contributed by atoms with Crippen molar-refractivity contribution in [2.24, 2.45) is 0 Å². The van der Waals surface area contributed by atoms with Crippen molar-refractivity contribution in [3.8, 4) is 0 Å². The van der Waals surface area contributed by atoms with E-state index in [1.165, 1.54) is 32.1 Å². The normalized spacial score (nSPS) is 20.6. The number of carbonyl (C=O) groups excluding carboxylic acids is 1. The van der Waals surface area contributed by atoms with Crippen LogP contribution in [0.1, 0.15) is 44.6 Å². The highest BCUT2D eigenvalue weighted by atomic mass is 16.1. The Balaban J connectivity index is 0.000000203. The molecule has 0 unspecified atom stereocenters. The van der Waals surface area contributed by atoms with Crippen LogP contribution in [0.2, 0.25) is 0 Å². The van der Waals surface area contributed by atoms with E-state index in [4.69, 9.17) is 4.98 Å². The fraction of sp³-hybridized carbons (Fsp3) is 0.545. The molecule has 3 aliphatic rings. The van der Waals surface area contributed by atoms with E-state index >= 15 is 0 Å². The Morgan fingerprint density at radius 1 is 1.16 bits per heavy atom. The van der Waals surface area contributed by atoms with E-state index < -0.39 is 0 Å². The topological polar surface area (TPSA) is 104 Å². The third-order valence-electron chi connectivity index (χ3n) is 6.19. The van der Waals surface area contributed by atoms with Gasteiger partial charge in [0.1, 0.15) is 11.3 Å². The van der Waals surface area contributed by atoms with Crippen LogP contribution in [0.15, 0.2) is 30.9 Å². The number of imidazole rings is 1. The molecule has 1 aliphatic carbocycles. The van der Waals surface area contributed by atoms with E-state index in [-0.39, 0.29) is 0 Å². The lowest BCUT2D eigenvalue weighted by Crippen LogP contribution is -2.42. The molecule has 0 aromatic carbocycles. The average Bonchev–Trinajstić information content (AvgIpc) is 3.22. The molecule has 1 amide bonds. The molecular weight excluding hydrogens is 406 g/mol. The predicted octanol–water partition coefficient (Wildman–Crippen LogP) is 2.09. The Morgan fingerprint density at radius 3 is 2.78 bits per heavy atom. The van der Waals surface area contributed by atoms with Crippen LogP contribution in [0.25, 0.3) is 5.52 Å². The van der Waals surface area contributed by atoms with Crippen molar-refractivity contribution in [3.05, 3.63) is 30.9 Å². The van der Waals surface area contributed by atoms with Crippen LogP contribution in [0, 0.1) is 0 Å². The molecular formula is C22H31N9O. The number of carbonyl (C=O) groups is 1. The third-order valence-corrected chi connectivity index (χ3v) is 6.19. The van der Waals surface area contributed by atoms with Gasteiger partial charge in [-0.3, -0.25) is 4.79 Å². The summed E-state index contributed by atoms with van der Waals surface area (Å²) in [5, 5.41) is 13.9. The van der Waals surface area contributed by atoms with Gasteiger partial charge in [0.25, 0.3) is 0 Å². The summed E-state index contributed by atoms with van der Waals surface area (Å²) < 4.78 is 4.07. The Bertz CT molecular complexity index is 1030. The monoisotopic (exact) mass is 437 g/mol. The first-order valence-corrected chi connectivity index (χ1v) is 11.6. The Labute approximate surface area is 187 Å². The Hall–Kier alpha value is -3.14. The summed E-state index contributed by atoms with van der Waals surface area (Å²) in [6.07, 6.45) is 13.9. The van der Waals surface area contributed by atoms with Crippen LogP contribution in [0.3, 0.4) is 0 Å². The molecule has 0 bridgehead atoms. The number of hydrogen-bond acceptors (Lipinski definition) is 7. The van der Waals surface area contributed by atoms with Crippen molar-refractivity contribution >= 4 is 29.5 Å². The molecule has 10 heteroatoms. The number of nitrogens with zero attached hydrogens (tertiary/aromatic N) is 6. The molecule has 3 N–H and O–H groups in total. The zero-order chi connectivity index (χ0) is 21.8. The number of anilines is 3. The van der Waals surface area contributed by atoms with Crippen LogP contribution >= 0.6 is 0 Å². The highest BCUT2D eigenvalue weighted by molar-refractivity contribution is 5.73. The smallest absolute Gasteiger partial charge is 0.245 e. The minimum atomic E-state index is 0.372. The summed E-state index contributed by atoms with van der Waals surface area (Å²) in [7, 11) is 0. The quantitative estimate of drug-likeness (QED) is 0.507. The van der Waals surface area contributed by atoms with Crippen molar-refractivity contribution in [1.29, 1.82) is 0 Å². The van der Waals surface area contributed by atoms with Crippen molar-refractivity contribution in [2.75, 3.05) is 36.4 Å². The van der Waals surface area contributed by atoms with Gasteiger partial charge in [0, 0.05) is 44.1 Å². The molecule has 2 saturated heterocycles. The number of rotatable bonds is 6. The molecule has 32 heavy (non-hydrogen) atoms. The van der Waals surface area contributed by atoms with E-state index in [0.717, 1.165) is 62.1 Å². The van der Waals surface area contributed by atoms with Gasteiger partial charge in [0.15, 0.2) is 5.82 Å². The Morgan fingerprint density at radius 2 is 2.03 bits per heavy atom. The molecule has 5 heterocycles. The van der Waals surface area contributed by atoms with Gasteiger partial charge in [-0.1, -0.05) is 0 Å². The van der Waals surface area contributed by atoms with Crippen molar-refractivity contribution < 1.29 is 4.79 Å². The van der Waals surface area contributed by atoms with E-state index in [9.17, 15) is 4.79 Å². The number of aromatic nitrogens is 5. The second-order valence-electron chi connectivity index (χ2n) is 8.68. The summed E-state index contributed by atoms with van der Waals surface area (Å²) >= 11 is 0. The minimum Gasteiger partial charge on any atom is -0.355 e. The first-order valence-electron chi connectivity index (χ1n) is 11.6. The molecule has 2 aliphatic heterocycles.